The van der Waals surface area contributed by atoms with Crippen LogP contribution in [0, 0.1) is 0 Å². The second-order valence-electron chi connectivity index (χ2n) is 18.7. The van der Waals surface area contributed by atoms with E-state index in [1.54, 1.807) is 0 Å². The quantitative estimate of drug-likeness (QED) is 0.0197. The second kappa shape index (κ2) is 55.4. The minimum absolute atomic E-state index is 0.123. The lowest BCUT2D eigenvalue weighted by Gasteiger charge is -2.21. The Labute approximate surface area is 450 Å². The van der Waals surface area contributed by atoms with Crippen LogP contribution in [0.3, 0.4) is 0 Å². The highest BCUT2D eigenvalue weighted by atomic mass is 31.2. The highest BCUT2D eigenvalue weighted by Crippen LogP contribution is 2.43. The van der Waals surface area contributed by atoms with Gasteiger partial charge >= 0.3 is 25.7 Å². The van der Waals surface area contributed by atoms with E-state index in [9.17, 15) is 28.9 Å². The van der Waals surface area contributed by atoms with Crippen molar-refractivity contribution in [3.05, 3.63) is 109 Å². The number of rotatable bonds is 52. The minimum Gasteiger partial charge on any atom is -0.462 e. The fourth-order valence-electron chi connectivity index (χ4n) is 7.37. The van der Waals surface area contributed by atoms with Crippen molar-refractivity contribution in [3.63, 3.8) is 0 Å². The Bertz CT molecular complexity index is 1660. The average molecular weight is 1060 g/mol. The number of carbonyl (C=O) groups is 3. The highest BCUT2D eigenvalue weighted by Gasteiger charge is 2.28. The molecule has 0 radical (unpaired) electrons. The fraction of sp³-hybridized carbons (Fsp3) is 0.661. The van der Waals surface area contributed by atoms with Gasteiger partial charge < -0.3 is 24.2 Å². The summed E-state index contributed by atoms with van der Waals surface area (Å²) in [7, 11) is -4.77. The molecule has 12 heteroatoms. The Morgan fingerprint density at radius 3 is 1.09 bits per heavy atom. The summed E-state index contributed by atoms with van der Waals surface area (Å²) in [5.74, 6) is -1.53. The summed E-state index contributed by atoms with van der Waals surface area (Å²) < 4.78 is 39.4. The van der Waals surface area contributed by atoms with Crippen LogP contribution in [-0.2, 0) is 42.2 Å². The lowest BCUT2D eigenvalue weighted by atomic mass is 10.1. The molecule has 0 amide bonds. The van der Waals surface area contributed by atoms with Gasteiger partial charge in [-0.15, -0.1) is 0 Å². The van der Waals surface area contributed by atoms with Gasteiger partial charge in [-0.05, 0) is 103 Å². The maximum absolute atomic E-state index is 12.9. The molecule has 0 bridgehead atoms. The van der Waals surface area contributed by atoms with Crippen LogP contribution in [-0.4, -0.2) is 66.5 Å². The van der Waals surface area contributed by atoms with Crippen LogP contribution in [0.4, 0.5) is 0 Å². The molecular weight excluding hydrogens is 952 g/mol. The number of phosphoric ester groups is 1. The van der Waals surface area contributed by atoms with Crippen molar-refractivity contribution in [2.75, 3.05) is 26.4 Å². The van der Waals surface area contributed by atoms with E-state index in [2.05, 4.69) is 130 Å². The van der Waals surface area contributed by atoms with Crippen molar-refractivity contribution in [1.29, 1.82) is 0 Å². The summed E-state index contributed by atoms with van der Waals surface area (Å²) in [5.41, 5.74) is 0. The first-order valence-electron chi connectivity index (χ1n) is 28.8. The first-order valence-corrected chi connectivity index (χ1v) is 30.3. The van der Waals surface area contributed by atoms with E-state index in [1.165, 1.54) is 44.9 Å². The molecule has 0 aliphatic rings. The third-order valence-electron chi connectivity index (χ3n) is 11.7. The Balaban J connectivity index is 4.77. The molecule has 3 atom stereocenters. The first kappa shape index (κ1) is 70.1. The summed E-state index contributed by atoms with van der Waals surface area (Å²) in [6.45, 7) is 4.33. The van der Waals surface area contributed by atoms with Crippen LogP contribution in [0.15, 0.2) is 109 Å². The molecule has 0 aliphatic carbocycles. The Kier molecular flexibility index (Phi) is 52.5. The number of aliphatic hydroxyl groups excluding tert-OH is 1. The number of ether oxygens (including phenoxy) is 3. The van der Waals surface area contributed by atoms with E-state index in [4.69, 9.17) is 23.3 Å². The van der Waals surface area contributed by atoms with Gasteiger partial charge in [-0.3, -0.25) is 23.4 Å². The Hall–Kier alpha value is -3.86. The van der Waals surface area contributed by atoms with Crippen molar-refractivity contribution in [2.24, 2.45) is 0 Å². The fourth-order valence-corrected chi connectivity index (χ4v) is 8.16. The number of hydrogen-bond donors (Lipinski definition) is 2. The van der Waals surface area contributed by atoms with Gasteiger partial charge in [0.05, 0.1) is 19.8 Å². The van der Waals surface area contributed by atoms with E-state index in [0.717, 1.165) is 122 Å². The molecule has 0 saturated heterocycles. The summed E-state index contributed by atoms with van der Waals surface area (Å²) in [5, 5.41) is 9.81. The van der Waals surface area contributed by atoms with Crippen molar-refractivity contribution in [2.45, 2.75) is 238 Å². The molecule has 0 fully saturated rings. The van der Waals surface area contributed by atoms with E-state index in [0.29, 0.717) is 19.3 Å². The summed E-state index contributed by atoms with van der Waals surface area (Å²) in [6.07, 6.45) is 66.2. The van der Waals surface area contributed by atoms with E-state index in [-0.39, 0.29) is 25.9 Å². The lowest BCUT2D eigenvalue weighted by molar-refractivity contribution is -0.161. The molecule has 0 spiro atoms. The number of phosphoric acid groups is 1. The minimum atomic E-state index is -4.77. The molecule has 0 aromatic heterocycles. The van der Waals surface area contributed by atoms with Gasteiger partial charge in [0.1, 0.15) is 12.7 Å². The normalized spacial score (nSPS) is 14.2. The SMILES string of the molecule is CC/C=C\C/C=C\C/C=C\C/C=C\C/C=C\CCCCCC(=O)OC(COC(=O)CCCCCCCCCCCCC)COP(=O)(O)OCC(CO)OC(=O)CCCCCC/C=C\C/C=C\C/C=C\C/C=C\CC. The van der Waals surface area contributed by atoms with Crippen LogP contribution >= 0.6 is 7.82 Å². The summed E-state index contributed by atoms with van der Waals surface area (Å²) in [6, 6.07) is 0. The van der Waals surface area contributed by atoms with Crippen LogP contribution in [0.5, 0.6) is 0 Å². The number of unbranched alkanes of at least 4 members (excludes halogenated alkanes) is 17. The van der Waals surface area contributed by atoms with Gasteiger partial charge in [-0.2, -0.15) is 0 Å². The van der Waals surface area contributed by atoms with Crippen molar-refractivity contribution >= 4 is 25.7 Å². The molecule has 0 aromatic carbocycles. The first-order chi connectivity index (χ1) is 36.2. The Morgan fingerprint density at radius 1 is 0.392 bits per heavy atom. The molecule has 422 valence electrons. The third kappa shape index (κ3) is 53.0. The molecule has 0 saturated carbocycles. The standard InChI is InChI=1S/C62H103O11P/c1-4-7-10-13-16-19-22-24-26-28-29-31-33-35-38-41-44-47-50-53-62(66)73-59(55-69-60(64)51-48-45-42-39-36-21-18-15-12-9-6-3)57-71-74(67,68)70-56-58(54-63)72-61(65)52-49-46-43-40-37-34-32-30-27-25-23-20-17-14-11-8-5-2/h7-8,10-11,16-17,19-20,24-27,29,31-32,34-35,38,58-59,63H,4-6,9,12-15,18,21-23,28,30,33,36-37,39-57H2,1-3H3,(H,67,68)/b10-7-,11-8-,19-16-,20-17-,26-24-,27-25-,31-29-,34-32-,38-35-. The maximum atomic E-state index is 12.9. The second-order valence-corrected chi connectivity index (χ2v) is 20.1. The molecule has 0 rings (SSSR count). The number of carbonyl (C=O) groups excluding carboxylic acids is 3. The van der Waals surface area contributed by atoms with Crippen LogP contribution < -0.4 is 0 Å². The predicted molar refractivity (Wildman–Crippen MR) is 307 cm³/mol. The van der Waals surface area contributed by atoms with Crippen molar-refractivity contribution in [3.8, 4) is 0 Å². The van der Waals surface area contributed by atoms with E-state index in [1.807, 2.05) is 0 Å². The van der Waals surface area contributed by atoms with E-state index >= 15 is 0 Å². The number of aliphatic hydroxyl groups is 1. The van der Waals surface area contributed by atoms with Gasteiger partial charge in [0.25, 0.3) is 0 Å². The smallest absolute Gasteiger partial charge is 0.462 e. The number of esters is 3. The molecule has 0 aliphatic heterocycles. The lowest BCUT2D eigenvalue weighted by Crippen LogP contribution is -2.30. The topological polar surface area (TPSA) is 155 Å². The summed E-state index contributed by atoms with van der Waals surface area (Å²) in [4.78, 5) is 48.5. The van der Waals surface area contributed by atoms with Crippen molar-refractivity contribution < 1.29 is 52.2 Å². The zero-order valence-electron chi connectivity index (χ0n) is 46.5. The maximum Gasteiger partial charge on any atom is 0.472 e. The largest absolute Gasteiger partial charge is 0.472 e. The zero-order valence-corrected chi connectivity index (χ0v) is 47.4. The van der Waals surface area contributed by atoms with Crippen molar-refractivity contribution in [1.82, 2.24) is 0 Å². The third-order valence-corrected chi connectivity index (χ3v) is 12.6. The zero-order chi connectivity index (χ0) is 54.1. The molecule has 2 N–H and O–H groups in total. The van der Waals surface area contributed by atoms with E-state index < -0.39 is 57.8 Å². The van der Waals surface area contributed by atoms with Gasteiger partial charge in [-0.1, -0.05) is 214 Å². The molecular formula is C62H103O11P. The number of hydrogen-bond acceptors (Lipinski definition) is 10. The van der Waals surface area contributed by atoms with Gasteiger partial charge in [0.2, 0.25) is 0 Å². The Morgan fingerprint density at radius 2 is 0.703 bits per heavy atom. The van der Waals surface area contributed by atoms with Gasteiger partial charge in [0.15, 0.2) is 6.10 Å². The predicted octanol–water partition coefficient (Wildman–Crippen LogP) is 17.0. The van der Waals surface area contributed by atoms with Crippen LogP contribution in [0.25, 0.3) is 0 Å². The van der Waals surface area contributed by atoms with Crippen LogP contribution in [0.2, 0.25) is 0 Å². The molecule has 11 nitrogen and oxygen atoms in total. The summed E-state index contributed by atoms with van der Waals surface area (Å²) >= 11 is 0. The monoisotopic (exact) mass is 1050 g/mol. The van der Waals surface area contributed by atoms with Crippen LogP contribution in [0.1, 0.15) is 226 Å². The number of allylic oxidation sites excluding steroid dienone is 18. The molecule has 0 heterocycles. The molecule has 0 aromatic rings. The van der Waals surface area contributed by atoms with Gasteiger partial charge in [-0.25, -0.2) is 4.57 Å². The highest BCUT2D eigenvalue weighted by molar-refractivity contribution is 7.47. The molecule has 3 unspecified atom stereocenters. The average Bonchev–Trinajstić information content (AvgIpc) is 3.39. The van der Waals surface area contributed by atoms with Gasteiger partial charge in [0, 0.05) is 19.3 Å². The molecule has 74 heavy (non-hydrogen) atoms.